The number of thiophene rings is 1. The first-order chi connectivity index (χ1) is 6.59. The van der Waals surface area contributed by atoms with E-state index in [4.69, 9.17) is 5.11 Å². The molecule has 72 valence electrons. The summed E-state index contributed by atoms with van der Waals surface area (Å²) in [6, 6.07) is 3.75. The minimum Gasteiger partial charge on any atom is -0.477 e. The first kappa shape index (κ1) is 9.61. The molecule has 0 aliphatic heterocycles. The molecule has 0 aliphatic carbocycles. The van der Waals surface area contributed by atoms with Crippen molar-refractivity contribution in [3.63, 3.8) is 0 Å². The Labute approximate surface area is 92.5 Å². The van der Waals surface area contributed by atoms with Gasteiger partial charge in [0.05, 0.1) is 4.47 Å². The van der Waals surface area contributed by atoms with E-state index in [1.807, 2.05) is 19.1 Å². The fourth-order valence-electron chi connectivity index (χ4n) is 1.18. The van der Waals surface area contributed by atoms with Crippen molar-refractivity contribution in [2.45, 2.75) is 6.92 Å². The number of aromatic carboxylic acids is 1. The number of aromatic nitrogens is 1. The average Bonchev–Trinajstić information content (AvgIpc) is 2.43. The van der Waals surface area contributed by atoms with Gasteiger partial charge in [-0.25, -0.2) is 9.78 Å². The van der Waals surface area contributed by atoms with Crippen molar-refractivity contribution in [2.24, 2.45) is 0 Å². The number of fused-ring (bicyclic) bond motifs is 1. The fraction of sp³-hybridized carbons (Fsp3) is 0.111. The van der Waals surface area contributed by atoms with Gasteiger partial charge in [0.25, 0.3) is 0 Å². The Balaban J connectivity index is 2.79. The highest BCUT2D eigenvalue weighted by Crippen LogP contribution is 2.34. The summed E-state index contributed by atoms with van der Waals surface area (Å²) in [5.74, 6) is -0.919. The van der Waals surface area contributed by atoms with Gasteiger partial charge < -0.3 is 5.11 Å². The van der Waals surface area contributed by atoms with Gasteiger partial charge in [-0.1, -0.05) is 0 Å². The molecule has 1 N–H and O–H groups in total. The molecule has 0 spiro atoms. The van der Waals surface area contributed by atoms with Crippen molar-refractivity contribution in [3.05, 3.63) is 27.2 Å². The van der Waals surface area contributed by atoms with E-state index in [1.54, 1.807) is 0 Å². The second kappa shape index (κ2) is 3.33. The number of rotatable bonds is 1. The SMILES string of the molecule is Cc1ccc2c(Br)c(C(=O)O)sc2n1. The predicted octanol–water partition coefficient (Wildman–Crippen LogP) is 3.07. The van der Waals surface area contributed by atoms with Gasteiger partial charge >= 0.3 is 5.97 Å². The Kier molecular flexibility index (Phi) is 2.28. The van der Waals surface area contributed by atoms with E-state index in [-0.39, 0.29) is 0 Å². The lowest BCUT2D eigenvalue weighted by Gasteiger charge is -1.91. The molecule has 0 saturated carbocycles. The van der Waals surface area contributed by atoms with Crippen LogP contribution in [0.15, 0.2) is 16.6 Å². The zero-order valence-electron chi connectivity index (χ0n) is 7.24. The number of carboxylic acids is 1. The molecule has 0 aromatic carbocycles. The third-order valence-electron chi connectivity index (χ3n) is 1.83. The number of carboxylic acid groups (broad SMARTS) is 1. The van der Waals surface area contributed by atoms with E-state index in [2.05, 4.69) is 20.9 Å². The van der Waals surface area contributed by atoms with Crippen molar-refractivity contribution >= 4 is 43.5 Å². The standard InChI is InChI=1S/C9H6BrNO2S/c1-4-2-3-5-6(10)7(9(12)13)14-8(5)11-4/h2-3H,1H3,(H,12,13). The number of hydrogen-bond acceptors (Lipinski definition) is 3. The summed E-state index contributed by atoms with van der Waals surface area (Å²) in [6.07, 6.45) is 0. The molecule has 2 aromatic heterocycles. The first-order valence-electron chi connectivity index (χ1n) is 3.88. The Morgan fingerprint density at radius 1 is 1.57 bits per heavy atom. The molecule has 2 rings (SSSR count). The van der Waals surface area contributed by atoms with Crippen LogP contribution >= 0.6 is 27.3 Å². The summed E-state index contributed by atoms with van der Waals surface area (Å²) in [5.41, 5.74) is 0.892. The molecule has 0 unspecified atom stereocenters. The third kappa shape index (κ3) is 1.42. The lowest BCUT2D eigenvalue weighted by molar-refractivity contribution is 0.0701. The van der Waals surface area contributed by atoms with E-state index in [0.29, 0.717) is 9.35 Å². The Bertz CT molecular complexity index is 521. The molecule has 5 heteroatoms. The molecular weight excluding hydrogens is 266 g/mol. The van der Waals surface area contributed by atoms with E-state index >= 15 is 0 Å². The molecule has 0 aliphatic rings. The zero-order valence-corrected chi connectivity index (χ0v) is 9.65. The van der Waals surface area contributed by atoms with Crippen LogP contribution in [0.1, 0.15) is 15.4 Å². The van der Waals surface area contributed by atoms with Crippen LogP contribution in [0.5, 0.6) is 0 Å². The van der Waals surface area contributed by atoms with Crippen molar-refractivity contribution < 1.29 is 9.90 Å². The van der Waals surface area contributed by atoms with Crippen LogP contribution in [0, 0.1) is 6.92 Å². The number of carbonyl (C=O) groups is 1. The highest BCUT2D eigenvalue weighted by Gasteiger charge is 2.16. The molecular formula is C9H6BrNO2S. The summed E-state index contributed by atoms with van der Waals surface area (Å²) >= 11 is 4.46. The van der Waals surface area contributed by atoms with Gasteiger partial charge in [-0.3, -0.25) is 0 Å². The summed E-state index contributed by atoms with van der Waals surface area (Å²) in [6.45, 7) is 1.88. The molecule has 3 nitrogen and oxygen atoms in total. The number of nitrogens with zero attached hydrogens (tertiary/aromatic N) is 1. The summed E-state index contributed by atoms with van der Waals surface area (Å²) in [4.78, 5) is 16.2. The maximum absolute atomic E-state index is 10.8. The monoisotopic (exact) mass is 271 g/mol. The smallest absolute Gasteiger partial charge is 0.347 e. The quantitative estimate of drug-likeness (QED) is 0.867. The van der Waals surface area contributed by atoms with Crippen molar-refractivity contribution in [3.8, 4) is 0 Å². The number of aryl methyl sites for hydroxylation is 1. The van der Waals surface area contributed by atoms with Crippen molar-refractivity contribution in [1.82, 2.24) is 4.98 Å². The normalized spacial score (nSPS) is 10.7. The maximum atomic E-state index is 10.8. The average molecular weight is 272 g/mol. The van der Waals surface area contributed by atoms with Crippen LogP contribution in [-0.4, -0.2) is 16.1 Å². The van der Waals surface area contributed by atoms with E-state index in [1.165, 1.54) is 11.3 Å². The van der Waals surface area contributed by atoms with Crippen molar-refractivity contribution in [2.75, 3.05) is 0 Å². The summed E-state index contributed by atoms with van der Waals surface area (Å²) < 4.78 is 0.623. The van der Waals surface area contributed by atoms with Gasteiger partial charge in [-0.15, -0.1) is 11.3 Å². The van der Waals surface area contributed by atoms with Crippen LogP contribution < -0.4 is 0 Å². The lowest BCUT2D eigenvalue weighted by Crippen LogP contribution is -1.91. The van der Waals surface area contributed by atoms with Crippen LogP contribution in [0.4, 0.5) is 0 Å². The summed E-state index contributed by atoms with van der Waals surface area (Å²) in [5, 5.41) is 9.75. The highest BCUT2D eigenvalue weighted by molar-refractivity contribution is 9.10. The molecule has 0 fully saturated rings. The van der Waals surface area contributed by atoms with Gasteiger partial charge in [0, 0.05) is 11.1 Å². The fourth-order valence-corrected chi connectivity index (χ4v) is 2.99. The minimum atomic E-state index is -0.919. The molecule has 0 amide bonds. The number of hydrogen-bond donors (Lipinski definition) is 1. The Hall–Kier alpha value is -0.940. The molecule has 0 saturated heterocycles. The molecule has 2 aromatic rings. The minimum absolute atomic E-state index is 0.304. The Morgan fingerprint density at radius 3 is 2.93 bits per heavy atom. The second-order valence-corrected chi connectivity index (χ2v) is 4.65. The van der Waals surface area contributed by atoms with E-state index < -0.39 is 5.97 Å². The van der Waals surface area contributed by atoms with E-state index in [0.717, 1.165) is 15.9 Å². The van der Waals surface area contributed by atoms with Crippen molar-refractivity contribution in [1.29, 1.82) is 0 Å². The molecule has 14 heavy (non-hydrogen) atoms. The van der Waals surface area contributed by atoms with Gasteiger partial charge in [-0.2, -0.15) is 0 Å². The predicted molar refractivity (Wildman–Crippen MR) is 59.0 cm³/mol. The van der Waals surface area contributed by atoms with Crippen LogP contribution in [0.25, 0.3) is 10.2 Å². The molecule has 0 radical (unpaired) electrons. The number of halogens is 1. The Morgan fingerprint density at radius 2 is 2.29 bits per heavy atom. The van der Waals surface area contributed by atoms with E-state index in [9.17, 15) is 4.79 Å². The lowest BCUT2D eigenvalue weighted by atomic mass is 10.3. The first-order valence-corrected chi connectivity index (χ1v) is 5.49. The van der Waals surface area contributed by atoms with Gasteiger partial charge in [0.15, 0.2) is 0 Å². The zero-order chi connectivity index (χ0) is 10.3. The van der Waals surface area contributed by atoms with Crippen LogP contribution in [0.3, 0.4) is 0 Å². The maximum Gasteiger partial charge on any atom is 0.347 e. The highest BCUT2D eigenvalue weighted by atomic mass is 79.9. The summed E-state index contributed by atoms with van der Waals surface area (Å²) in [7, 11) is 0. The third-order valence-corrected chi connectivity index (χ3v) is 4.00. The van der Waals surface area contributed by atoms with Gasteiger partial charge in [0.2, 0.25) is 0 Å². The molecule has 2 heterocycles. The number of pyridine rings is 1. The van der Waals surface area contributed by atoms with Gasteiger partial charge in [-0.05, 0) is 35.0 Å². The largest absolute Gasteiger partial charge is 0.477 e. The topological polar surface area (TPSA) is 50.2 Å². The molecule has 0 bridgehead atoms. The van der Waals surface area contributed by atoms with Crippen LogP contribution in [0.2, 0.25) is 0 Å². The van der Waals surface area contributed by atoms with Gasteiger partial charge in [0.1, 0.15) is 9.71 Å². The second-order valence-electron chi connectivity index (χ2n) is 2.86. The molecule has 0 atom stereocenters. The van der Waals surface area contributed by atoms with Crippen LogP contribution in [-0.2, 0) is 0 Å².